The van der Waals surface area contributed by atoms with Crippen molar-refractivity contribution in [3.8, 4) is 11.3 Å². The monoisotopic (exact) mass is 355 g/mol. The smallest absolute Gasteiger partial charge is 0.226 e. The van der Waals surface area contributed by atoms with Gasteiger partial charge in [-0.25, -0.2) is 0 Å². The first-order valence-corrected chi connectivity index (χ1v) is 8.62. The lowest BCUT2D eigenvalue weighted by Gasteiger charge is -2.22. The number of aromatic amines is 1. The van der Waals surface area contributed by atoms with E-state index >= 15 is 0 Å². The maximum Gasteiger partial charge on any atom is 0.226 e. The molecule has 25 heavy (non-hydrogen) atoms. The average Bonchev–Trinajstić information content (AvgIpc) is 3.20. The standard InChI is InChI=1S/C18H18ClN5O/c1-3-24-10(2)16-13(8-15(25)21-18(16)23-24)14-9-20-22-17(14)11-4-6-12(19)7-5-11/h4-7,9,13H,3,8H2,1-2H3,(H,20,22)(H,21,23,25). The zero-order chi connectivity index (χ0) is 17.6. The van der Waals surface area contributed by atoms with Crippen molar-refractivity contribution in [2.45, 2.75) is 32.7 Å². The highest BCUT2D eigenvalue weighted by molar-refractivity contribution is 6.30. The van der Waals surface area contributed by atoms with Gasteiger partial charge in [0.05, 0.1) is 11.9 Å². The van der Waals surface area contributed by atoms with Crippen LogP contribution in [-0.2, 0) is 11.3 Å². The SMILES string of the molecule is CCn1nc2c(c1C)C(c1cn[nH]c1-c1ccc(Cl)cc1)CC(=O)N2. The van der Waals surface area contributed by atoms with E-state index in [0.29, 0.717) is 17.3 Å². The minimum atomic E-state index is -0.0755. The molecule has 0 fully saturated rings. The number of aryl methyl sites for hydroxylation is 1. The molecule has 3 heterocycles. The number of carbonyl (C=O) groups excluding carboxylic acids is 1. The van der Waals surface area contributed by atoms with E-state index in [4.69, 9.17) is 11.6 Å². The van der Waals surface area contributed by atoms with Gasteiger partial charge in [-0.05, 0) is 31.5 Å². The zero-order valence-electron chi connectivity index (χ0n) is 14.0. The van der Waals surface area contributed by atoms with Crippen molar-refractivity contribution in [1.82, 2.24) is 20.0 Å². The van der Waals surface area contributed by atoms with Gasteiger partial charge in [-0.15, -0.1) is 0 Å². The minimum absolute atomic E-state index is 0.0264. The molecule has 1 aliphatic heterocycles. The summed E-state index contributed by atoms with van der Waals surface area (Å²) in [7, 11) is 0. The number of amides is 1. The van der Waals surface area contributed by atoms with Crippen LogP contribution in [0.15, 0.2) is 30.5 Å². The maximum absolute atomic E-state index is 12.2. The van der Waals surface area contributed by atoms with Crippen molar-refractivity contribution in [3.63, 3.8) is 0 Å². The van der Waals surface area contributed by atoms with Gasteiger partial charge < -0.3 is 5.32 Å². The Hall–Kier alpha value is -2.60. The molecule has 1 amide bonds. The number of fused-ring (bicyclic) bond motifs is 1. The molecule has 0 radical (unpaired) electrons. The summed E-state index contributed by atoms with van der Waals surface area (Å²) in [4.78, 5) is 12.2. The minimum Gasteiger partial charge on any atom is -0.309 e. The van der Waals surface area contributed by atoms with Gasteiger partial charge in [-0.2, -0.15) is 10.2 Å². The normalized spacial score (nSPS) is 16.6. The lowest BCUT2D eigenvalue weighted by Crippen LogP contribution is -2.23. The fourth-order valence-corrected chi connectivity index (χ4v) is 3.65. The van der Waals surface area contributed by atoms with Gasteiger partial charge in [0.15, 0.2) is 5.82 Å². The Kier molecular flexibility index (Phi) is 3.84. The fourth-order valence-electron chi connectivity index (χ4n) is 3.52. The number of aromatic nitrogens is 4. The first kappa shape index (κ1) is 15.9. The van der Waals surface area contributed by atoms with Gasteiger partial charge in [0.25, 0.3) is 0 Å². The molecule has 0 saturated heterocycles. The molecule has 1 aromatic carbocycles. The van der Waals surface area contributed by atoms with Gasteiger partial charge in [-0.1, -0.05) is 23.7 Å². The Morgan fingerprint density at radius 2 is 2.08 bits per heavy atom. The summed E-state index contributed by atoms with van der Waals surface area (Å²) < 4.78 is 1.92. The van der Waals surface area contributed by atoms with Crippen molar-refractivity contribution < 1.29 is 4.79 Å². The lowest BCUT2D eigenvalue weighted by molar-refractivity contribution is -0.116. The van der Waals surface area contributed by atoms with Crippen molar-refractivity contribution in [3.05, 3.63) is 52.3 Å². The Morgan fingerprint density at radius 1 is 1.32 bits per heavy atom. The fraction of sp³-hybridized carbons (Fsp3) is 0.278. The van der Waals surface area contributed by atoms with Crippen molar-refractivity contribution in [1.29, 1.82) is 0 Å². The third-order valence-corrected chi connectivity index (χ3v) is 4.98. The van der Waals surface area contributed by atoms with E-state index in [1.54, 1.807) is 6.20 Å². The van der Waals surface area contributed by atoms with E-state index in [0.717, 1.165) is 34.6 Å². The number of hydrogen-bond donors (Lipinski definition) is 2. The number of halogens is 1. The van der Waals surface area contributed by atoms with Crippen LogP contribution < -0.4 is 5.32 Å². The van der Waals surface area contributed by atoms with Crippen LogP contribution in [0.2, 0.25) is 5.02 Å². The van der Waals surface area contributed by atoms with Crippen LogP contribution in [0.1, 0.15) is 36.1 Å². The predicted octanol–water partition coefficient (Wildman–Crippen LogP) is 3.73. The summed E-state index contributed by atoms with van der Waals surface area (Å²) in [5, 5.41) is 15.4. The quantitative estimate of drug-likeness (QED) is 0.751. The van der Waals surface area contributed by atoms with Gasteiger partial charge in [-0.3, -0.25) is 14.6 Å². The second-order valence-electron chi connectivity index (χ2n) is 6.18. The third kappa shape index (κ3) is 2.62. The van der Waals surface area contributed by atoms with Gasteiger partial charge in [0, 0.05) is 40.7 Å². The van der Waals surface area contributed by atoms with Crippen LogP contribution in [0.3, 0.4) is 0 Å². The molecule has 7 heteroatoms. The van der Waals surface area contributed by atoms with Gasteiger partial charge >= 0.3 is 0 Å². The second kappa shape index (κ2) is 6.04. The van der Waals surface area contributed by atoms with E-state index in [-0.39, 0.29) is 11.8 Å². The predicted molar refractivity (Wildman–Crippen MR) is 96.8 cm³/mol. The highest BCUT2D eigenvalue weighted by Crippen LogP contribution is 2.41. The molecule has 1 unspecified atom stereocenters. The summed E-state index contributed by atoms with van der Waals surface area (Å²) >= 11 is 6.00. The first-order chi connectivity index (χ1) is 12.1. The Balaban J connectivity index is 1.84. The zero-order valence-corrected chi connectivity index (χ0v) is 14.8. The number of carbonyl (C=O) groups is 1. The molecule has 0 saturated carbocycles. The molecule has 6 nitrogen and oxygen atoms in total. The van der Waals surface area contributed by atoms with Crippen molar-refractivity contribution in [2.75, 3.05) is 5.32 Å². The highest BCUT2D eigenvalue weighted by atomic mass is 35.5. The Bertz CT molecular complexity index is 941. The number of rotatable bonds is 3. The molecule has 1 atom stereocenters. The molecule has 0 spiro atoms. The average molecular weight is 356 g/mol. The summed E-state index contributed by atoms with van der Waals surface area (Å²) in [6, 6.07) is 7.60. The van der Waals surface area contributed by atoms with E-state index in [2.05, 4.69) is 20.6 Å². The van der Waals surface area contributed by atoms with E-state index in [1.165, 1.54) is 0 Å². The Labute approximate surface area is 150 Å². The third-order valence-electron chi connectivity index (χ3n) is 4.73. The van der Waals surface area contributed by atoms with Crippen LogP contribution >= 0.6 is 11.6 Å². The number of anilines is 1. The molecule has 4 rings (SSSR count). The molecule has 0 aliphatic carbocycles. The van der Waals surface area contributed by atoms with Crippen LogP contribution in [0.5, 0.6) is 0 Å². The lowest BCUT2D eigenvalue weighted by atomic mass is 9.85. The molecule has 2 aromatic heterocycles. The maximum atomic E-state index is 12.2. The molecule has 3 aromatic rings. The Morgan fingerprint density at radius 3 is 2.80 bits per heavy atom. The number of benzene rings is 1. The number of nitrogens with one attached hydrogen (secondary N) is 2. The highest BCUT2D eigenvalue weighted by Gasteiger charge is 2.33. The molecule has 2 N–H and O–H groups in total. The van der Waals surface area contributed by atoms with E-state index in [9.17, 15) is 4.79 Å². The summed E-state index contributed by atoms with van der Waals surface area (Å²) in [5.41, 5.74) is 5.04. The van der Waals surface area contributed by atoms with Crippen LogP contribution in [0, 0.1) is 6.92 Å². The summed E-state index contributed by atoms with van der Waals surface area (Å²) in [6.07, 6.45) is 2.18. The molecule has 128 valence electrons. The van der Waals surface area contributed by atoms with Crippen molar-refractivity contribution >= 4 is 23.3 Å². The molecular weight excluding hydrogens is 338 g/mol. The topological polar surface area (TPSA) is 75.6 Å². The van der Waals surface area contributed by atoms with E-state index < -0.39 is 0 Å². The number of nitrogens with zero attached hydrogens (tertiary/aromatic N) is 3. The molecular formula is C18H18ClN5O. The number of H-pyrrole nitrogens is 1. The first-order valence-electron chi connectivity index (χ1n) is 8.24. The van der Waals surface area contributed by atoms with Crippen LogP contribution in [0.4, 0.5) is 5.82 Å². The van der Waals surface area contributed by atoms with Crippen molar-refractivity contribution in [2.24, 2.45) is 0 Å². The van der Waals surface area contributed by atoms with Gasteiger partial charge in [0.1, 0.15) is 0 Å². The largest absolute Gasteiger partial charge is 0.309 e. The van der Waals surface area contributed by atoms with E-state index in [1.807, 2.05) is 42.8 Å². The molecule has 1 aliphatic rings. The summed E-state index contributed by atoms with van der Waals surface area (Å²) in [6.45, 7) is 4.85. The van der Waals surface area contributed by atoms with Crippen LogP contribution in [-0.4, -0.2) is 25.9 Å². The number of hydrogen-bond acceptors (Lipinski definition) is 3. The summed E-state index contributed by atoms with van der Waals surface area (Å²) in [5.74, 6) is 0.554. The van der Waals surface area contributed by atoms with Crippen LogP contribution in [0.25, 0.3) is 11.3 Å². The second-order valence-corrected chi connectivity index (χ2v) is 6.61. The van der Waals surface area contributed by atoms with Gasteiger partial charge in [0.2, 0.25) is 5.91 Å². The molecule has 0 bridgehead atoms.